The molecule has 0 atom stereocenters. The van der Waals surface area contributed by atoms with Crippen molar-refractivity contribution in [2.45, 2.75) is 45.1 Å². The zero-order chi connectivity index (χ0) is 17.9. The van der Waals surface area contributed by atoms with Crippen LogP contribution in [0.2, 0.25) is 0 Å². The Labute approximate surface area is 151 Å². The molecule has 6 heteroatoms. The fraction of sp³-hybridized carbons (Fsp3) is 0.450. The van der Waals surface area contributed by atoms with Crippen LogP contribution in [0.5, 0.6) is 0 Å². The summed E-state index contributed by atoms with van der Waals surface area (Å²) in [4.78, 5) is 29.0. The standard InChI is InChI=1S/C20H23N3O3/c24-17(21-11-5-8-14-6-1-2-7-14)12-23-13-22-18-15-9-3-4-10-16(15)26-19(18)20(23)25/h3-4,9-10,13-14H,1-2,5-8,11-12H2,(H,21,24). The van der Waals surface area contributed by atoms with Crippen LogP contribution in [0.3, 0.4) is 0 Å². The second-order valence-corrected chi connectivity index (χ2v) is 7.10. The van der Waals surface area contributed by atoms with E-state index < -0.39 is 0 Å². The summed E-state index contributed by atoms with van der Waals surface area (Å²) in [6.45, 7) is 0.618. The predicted molar refractivity (Wildman–Crippen MR) is 100.0 cm³/mol. The van der Waals surface area contributed by atoms with Crippen LogP contribution in [0, 0.1) is 5.92 Å². The molecule has 1 aliphatic rings. The van der Waals surface area contributed by atoms with Gasteiger partial charge in [-0.15, -0.1) is 0 Å². The highest BCUT2D eigenvalue weighted by molar-refractivity contribution is 6.01. The summed E-state index contributed by atoms with van der Waals surface area (Å²) in [6.07, 6.45) is 8.93. The molecule has 2 heterocycles. The van der Waals surface area contributed by atoms with Crippen LogP contribution in [0.15, 0.2) is 39.8 Å². The molecular weight excluding hydrogens is 330 g/mol. The molecule has 0 bridgehead atoms. The zero-order valence-electron chi connectivity index (χ0n) is 14.7. The average Bonchev–Trinajstić information content (AvgIpc) is 3.29. The van der Waals surface area contributed by atoms with Crippen molar-refractivity contribution in [2.24, 2.45) is 5.92 Å². The molecule has 0 unspecified atom stereocenters. The third-order valence-corrected chi connectivity index (χ3v) is 5.25. The normalized spacial score (nSPS) is 15.1. The van der Waals surface area contributed by atoms with Crippen LogP contribution in [0.4, 0.5) is 0 Å². The first-order valence-corrected chi connectivity index (χ1v) is 9.36. The molecule has 2 aromatic heterocycles. The maximum Gasteiger partial charge on any atom is 0.297 e. The van der Waals surface area contributed by atoms with Crippen molar-refractivity contribution in [1.82, 2.24) is 14.9 Å². The topological polar surface area (TPSA) is 77.1 Å². The number of carbonyl (C=O) groups excluding carboxylic acids is 1. The van der Waals surface area contributed by atoms with Gasteiger partial charge in [-0.2, -0.15) is 0 Å². The molecule has 0 spiro atoms. The monoisotopic (exact) mass is 353 g/mol. The highest BCUT2D eigenvalue weighted by atomic mass is 16.3. The van der Waals surface area contributed by atoms with E-state index in [1.807, 2.05) is 18.2 Å². The minimum atomic E-state index is -0.327. The molecule has 3 aromatic rings. The molecule has 0 aliphatic heterocycles. The maximum atomic E-state index is 12.6. The van der Waals surface area contributed by atoms with E-state index in [9.17, 15) is 9.59 Å². The number of hydrogen-bond donors (Lipinski definition) is 1. The number of aromatic nitrogens is 2. The van der Waals surface area contributed by atoms with Crippen molar-refractivity contribution in [2.75, 3.05) is 6.54 Å². The van der Waals surface area contributed by atoms with E-state index in [4.69, 9.17) is 4.42 Å². The summed E-state index contributed by atoms with van der Waals surface area (Å²) in [7, 11) is 0. The smallest absolute Gasteiger partial charge is 0.297 e. The number of furan rings is 1. The summed E-state index contributed by atoms with van der Waals surface area (Å²) in [5, 5.41) is 3.71. The number of benzene rings is 1. The number of nitrogens with one attached hydrogen (secondary N) is 1. The van der Waals surface area contributed by atoms with Gasteiger partial charge in [0.1, 0.15) is 17.6 Å². The molecule has 1 aliphatic carbocycles. The van der Waals surface area contributed by atoms with Crippen LogP contribution in [-0.2, 0) is 11.3 Å². The third kappa shape index (κ3) is 3.36. The number of nitrogens with zero attached hydrogens (tertiary/aromatic N) is 2. The van der Waals surface area contributed by atoms with E-state index in [2.05, 4.69) is 10.3 Å². The largest absolute Gasteiger partial charge is 0.448 e. The van der Waals surface area contributed by atoms with Crippen molar-refractivity contribution >= 4 is 28.0 Å². The van der Waals surface area contributed by atoms with Crippen molar-refractivity contribution in [3.05, 3.63) is 40.9 Å². The van der Waals surface area contributed by atoms with Gasteiger partial charge in [-0.1, -0.05) is 37.8 Å². The Balaban J connectivity index is 1.40. The molecule has 6 nitrogen and oxygen atoms in total. The minimum absolute atomic E-state index is 0.0394. The van der Waals surface area contributed by atoms with Gasteiger partial charge in [-0.3, -0.25) is 14.2 Å². The SMILES string of the molecule is O=C(Cn1cnc2c(oc3ccccc32)c1=O)NCCCC1CCCC1. The summed E-state index contributed by atoms with van der Waals surface area (Å²) >= 11 is 0. The Morgan fingerprint density at radius 2 is 2.08 bits per heavy atom. The van der Waals surface area contributed by atoms with Gasteiger partial charge < -0.3 is 9.73 Å². The average molecular weight is 353 g/mol. The van der Waals surface area contributed by atoms with Crippen molar-refractivity contribution in [3.8, 4) is 0 Å². The summed E-state index contributed by atoms with van der Waals surface area (Å²) < 4.78 is 6.94. The molecule has 1 aromatic carbocycles. The molecular formula is C20H23N3O3. The van der Waals surface area contributed by atoms with E-state index >= 15 is 0 Å². The van der Waals surface area contributed by atoms with Gasteiger partial charge in [0, 0.05) is 11.9 Å². The lowest BCUT2D eigenvalue weighted by Gasteiger charge is -2.10. The van der Waals surface area contributed by atoms with E-state index in [0.29, 0.717) is 17.6 Å². The molecule has 1 N–H and O–H groups in total. The number of hydrogen-bond acceptors (Lipinski definition) is 4. The third-order valence-electron chi connectivity index (χ3n) is 5.25. The lowest BCUT2D eigenvalue weighted by molar-refractivity contribution is -0.121. The Morgan fingerprint density at radius 3 is 2.92 bits per heavy atom. The minimum Gasteiger partial charge on any atom is -0.448 e. The van der Waals surface area contributed by atoms with Crippen molar-refractivity contribution < 1.29 is 9.21 Å². The number of rotatable bonds is 6. The van der Waals surface area contributed by atoms with Gasteiger partial charge in [-0.25, -0.2) is 4.98 Å². The van der Waals surface area contributed by atoms with E-state index in [1.54, 1.807) is 6.07 Å². The maximum absolute atomic E-state index is 12.6. The summed E-state index contributed by atoms with van der Waals surface area (Å²) in [5.41, 5.74) is 1.04. The van der Waals surface area contributed by atoms with E-state index in [-0.39, 0.29) is 23.6 Å². The molecule has 0 radical (unpaired) electrons. The van der Waals surface area contributed by atoms with Gasteiger partial charge in [0.2, 0.25) is 11.5 Å². The van der Waals surface area contributed by atoms with E-state index in [1.165, 1.54) is 43.0 Å². The number of amides is 1. The van der Waals surface area contributed by atoms with Crippen LogP contribution >= 0.6 is 0 Å². The Morgan fingerprint density at radius 1 is 1.27 bits per heavy atom. The van der Waals surface area contributed by atoms with Crippen molar-refractivity contribution in [3.63, 3.8) is 0 Å². The molecule has 4 rings (SSSR count). The highest BCUT2D eigenvalue weighted by Crippen LogP contribution is 2.28. The fourth-order valence-corrected chi connectivity index (χ4v) is 3.86. The number of para-hydroxylation sites is 1. The lowest BCUT2D eigenvalue weighted by Crippen LogP contribution is -2.33. The Kier molecular flexibility index (Phi) is 4.73. The molecule has 1 fully saturated rings. The van der Waals surface area contributed by atoms with Crippen LogP contribution in [0.1, 0.15) is 38.5 Å². The second kappa shape index (κ2) is 7.32. The Bertz CT molecular complexity index is 983. The molecule has 136 valence electrons. The van der Waals surface area contributed by atoms with E-state index in [0.717, 1.165) is 17.7 Å². The van der Waals surface area contributed by atoms with Gasteiger partial charge in [0.25, 0.3) is 5.56 Å². The number of fused-ring (bicyclic) bond motifs is 3. The van der Waals surface area contributed by atoms with Crippen molar-refractivity contribution in [1.29, 1.82) is 0 Å². The van der Waals surface area contributed by atoms with Gasteiger partial charge in [0.05, 0.1) is 6.33 Å². The molecule has 1 saturated carbocycles. The highest BCUT2D eigenvalue weighted by Gasteiger charge is 2.16. The van der Waals surface area contributed by atoms with Gasteiger partial charge >= 0.3 is 0 Å². The lowest BCUT2D eigenvalue weighted by atomic mass is 10.0. The first kappa shape index (κ1) is 16.8. The Hall–Kier alpha value is -2.63. The van der Waals surface area contributed by atoms with Gasteiger partial charge in [-0.05, 0) is 30.9 Å². The van der Waals surface area contributed by atoms with Crippen LogP contribution < -0.4 is 10.9 Å². The summed E-state index contributed by atoms with van der Waals surface area (Å²) in [5.74, 6) is 0.657. The molecule has 26 heavy (non-hydrogen) atoms. The fourth-order valence-electron chi connectivity index (χ4n) is 3.86. The van der Waals surface area contributed by atoms with Crippen LogP contribution in [-0.4, -0.2) is 22.0 Å². The quantitative estimate of drug-likeness (QED) is 0.690. The summed E-state index contributed by atoms with van der Waals surface area (Å²) in [6, 6.07) is 7.40. The predicted octanol–water partition coefficient (Wildman–Crippen LogP) is 3.23. The first-order chi connectivity index (χ1) is 12.7. The first-order valence-electron chi connectivity index (χ1n) is 9.36. The molecule has 1 amide bonds. The zero-order valence-corrected chi connectivity index (χ0v) is 14.7. The molecule has 0 saturated heterocycles. The van der Waals surface area contributed by atoms with Crippen LogP contribution in [0.25, 0.3) is 22.1 Å². The number of carbonyl (C=O) groups is 1. The van der Waals surface area contributed by atoms with Gasteiger partial charge in [0.15, 0.2) is 0 Å². The second-order valence-electron chi connectivity index (χ2n) is 7.10.